The van der Waals surface area contributed by atoms with E-state index in [4.69, 9.17) is 90.2 Å². The van der Waals surface area contributed by atoms with Crippen molar-refractivity contribution < 1.29 is 78.8 Å². The second-order valence-corrected chi connectivity index (χ2v) is 22.4. The van der Waals surface area contributed by atoms with Crippen LogP contribution in [0.1, 0.15) is 86.9 Å². The molecule has 2 aromatic carbocycles. The molecule has 0 spiro atoms. The third kappa shape index (κ3) is 11.7. The van der Waals surface area contributed by atoms with Crippen LogP contribution in [0.5, 0.6) is 0 Å². The fourth-order valence-electron chi connectivity index (χ4n) is 9.12. The average molecular weight is 1050 g/mol. The van der Waals surface area contributed by atoms with E-state index in [0.29, 0.717) is 40.4 Å². The van der Waals surface area contributed by atoms with E-state index in [1.807, 2.05) is 32.1 Å². The molecule has 6 unspecified atom stereocenters. The molecule has 4 N–H and O–H groups in total. The van der Waals surface area contributed by atoms with Crippen molar-refractivity contribution in [3.63, 3.8) is 0 Å². The summed E-state index contributed by atoms with van der Waals surface area (Å²) in [6.45, 7) is 7.40. The van der Waals surface area contributed by atoms with Crippen molar-refractivity contribution in [3.05, 3.63) is 124 Å². The number of rotatable bonds is 12. The van der Waals surface area contributed by atoms with E-state index in [-0.39, 0.29) is 26.4 Å². The van der Waals surface area contributed by atoms with E-state index in [1.165, 1.54) is 0 Å². The van der Waals surface area contributed by atoms with Crippen molar-refractivity contribution in [1.29, 1.82) is 0 Å². The highest BCUT2D eigenvalue weighted by Crippen LogP contribution is 2.59. The van der Waals surface area contributed by atoms with Crippen molar-refractivity contribution in [3.8, 4) is 0 Å². The van der Waals surface area contributed by atoms with Crippen LogP contribution in [0.15, 0.2) is 97.1 Å². The van der Waals surface area contributed by atoms with Gasteiger partial charge >= 0.3 is 15.6 Å². The molecule has 12 atom stereocenters. The van der Waals surface area contributed by atoms with Crippen LogP contribution in [0, 0.1) is 0 Å². The molecule has 8 heterocycles. The number of primary amides is 2. The number of nitrogens with two attached hydrogens (primary N) is 2. The first-order chi connectivity index (χ1) is 33.2. The second kappa shape index (κ2) is 20.7. The van der Waals surface area contributed by atoms with Crippen molar-refractivity contribution in [2.75, 3.05) is 26.4 Å². The number of benzene rings is 2. The average Bonchev–Trinajstić information content (AvgIpc) is 4.03. The lowest BCUT2D eigenvalue weighted by molar-refractivity contribution is -0.766. The third-order valence-corrected chi connectivity index (χ3v) is 15.6. The highest BCUT2D eigenvalue weighted by molar-refractivity contribution is 7.48. The van der Waals surface area contributed by atoms with Crippen LogP contribution >= 0.6 is 38.8 Å². The Labute approximate surface area is 414 Å². The topological polar surface area (TPSA) is 238 Å². The van der Waals surface area contributed by atoms with Crippen molar-refractivity contribution >= 4 is 50.7 Å². The van der Waals surface area contributed by atoms with Gasteiger partial charge in [-0.1, -0.05) is 53.5 Å². The molecule has 6 saturated heterocycles. The van der Waals surface area contributed by atoms with Gasteiger partial charge in [-0.15, -0.1) is 0 Å². The predicted molar refractivity (Wildman–Crippen MR) is 247 cm³/mol. The minimum atomic E-state index is -3.87. The van der Waals surface area contributed by atoms with Crippen molar-refractivity contribution in [2.45, 2.75) is 120 Å². The molecule has 0 bridgehead atoms. The first kappa shape index (κ1) is 51.3. The van der Waals surface area contributed by atoms with Gasteiger partial charge in [-0.05, 0) is 75.6 Å². The number of hydrogen-bond acceptors (Lipinski definition) is 17. The van der Waals surface area contributed by atoms with E-state index in [2.05, 4.69) is 0 Å². The summed E-state index contributed by atoms with van der Waals surface area (Å²) < 4.78 is 98.7. The van der Waals surface area contributed by atoms with E-state index < -0.39 is 100 Å². The summed E-state index contributed by atoms with van der Waals surface area (Å²) in [5.74, 6) is -2.78. The maximum absolute atomic E-state index is 13.3. The van der Waals surface area contributed by atoms with Gasteiger partial charge in [0.2, 0.25) is 5.91 Å². The summed E-state index contributed by atoms with van der Waals surface area (Å²) in [5, 5.41) is 1.12. The smallest absolute Gasteiger partial charge is 0.366 e. The molecule has 378 valence electrons. The van der Waals surface area contributed by atoms with Crippen LogP contribution in [0.4, 0.5) is 0 Å². The minimum absolute atomic E-state index is 0.111. The van der Waals surface area contributed by atoms with Crippen LogP contribution in [0.25, 0.3) is 0 Å². The lowest BCUT2D eigenvalue weighted by Crippen LogP contribution is -2.46. The lowest BCUT2D eigenvalue weighted by atomic mass is 10.1. The van der Waals surface area contributed by atoms with Gasteiger partial charge in [-0.25, -0.2) is 9.13 Å². The minimum Gasteiger partial charge on any atom is -0.366 e. The molecule has 0 radical (unpaired) electrons. The van der Waals surface area contributed by atoms with E-state index in [9.17, 15) is 18.7 Å². The summed E-state index contributed by atoms with van der Waals surface area (Å²) in [4.78, 5) is 25.1. The Balaban J connectivity index is 0.000000174. The van der Waals surface area contributed by atoms with Gasteiger partial charge in [-0.2, -0.15) is 4.57 Å². The fourth-order valence-corrected chi connectivity index (χ4v) is 12.3. The molecule has 6 fully saturated rings. The van der Waals surface area contributed by atoms with Crippen LogP contribution in [-0.2, 0) is 69.5 Å². The summed E-state index contributed by atoms with van der Waals surface area (Å²) in [5.41, 5.74) is 13.3. The molecule has 7 aliphatic rings. The Morgan fingerprint density at radius 1 is 0.743 bits per heavy atom. The maximum Gasteiger partial charge on any atom is 0.475 e. The molecule has 0 aliphatic carbocycles. The molecular weight excluding hydrogens is 997 g/mol. The number of aromatic nitrogens is 1. The molecule has 2 amide bonds. The zero-order valence-corrected chi connectivity index (χ0v) is 41.9. The Hall–Kier alpha value is -3.63. The first-order valence-electron chi connectivity index (χ1n) is 22.7. The summed E-state index contributed by atoms with van der Waals surface area (Å²) in [6.07, 6.45) is 4.63. The predicted octanol–water partition coefficient (Wildman–Crippen LogP) is 7.22. The molecule has 0 saturated carbocycles. The Morgan fingerprint density at radius 2 is 1.29 bits per heavy atom. The number of ether oxygens (including phenoxy) is 6. The Bertz CT molecular complexity index is 2610. The lowest BCUT2D eigenvalue weighted by Gasteiger charge is -2.32. The van der Waals surface area contributed by atoms with Gasteiger partial charge < -0.3 is 44.8 Å². The molecule has 3 aromatic rings. The van der Waals surface area contributed by atoms with Gasteiger partial charge in [0, 0.05) is 46.9 Å². The zero-order chi connectivity index (χ0) is 49.6. The quantitative estimate of drug-likeness (QED) is 0.134. The van der Waals surface area contributed by atoms with Crippen molar-refractivity contribution in [2.24, 2.45) is 11.5 Å². The molecule has 24 heteroatoms. The normalized spacial score (nSPS) is 35.1. The van der Waals surface area contributed by atoms with Gasteiger partial charge in [0.15, 0.2) is 36.3 Å². The van der Waals surface area contributed by atoms with E-state index >= 15 is 0 Å². The van der Waals surface area contributed by atoms with Crippen LogP contribution < -0.4 is 16.0 Å². The molecule has 7 aliphatic heterocycles. The van der Waals surface area contributed by atoms with Crippen LogP contribution in [0.2, 0.25) is 10.0 Å². The molecule has 20 nitrogen and oxygen atoms in total. The highest BCUT2D eigenvalue weighted by Gasteiger charge is 2.60. The van der Waals surface area contributed by atoms with Gasteiger partial charge in [0.25, 0.3) is 12.1 Å². The monoisotopic (exact) mass is 1050 g/mol. The SMILES string of the molecule is CC1(C)O[C@@H]2[C@H](O1)C(COP1(=O)OCCC(c3cccc(Cl)c3)O1)O[C@H]2N1C=CCC(C(N)=O)=C1.CC1(C)O[C@@H]2[C@H](O1)C(COP1(=O)OCCC(c3cccc(Cl)c3)O1)O[C@H]2[n+]1cccc(C(N)=O)c1. The first-order valence-corrected chi connectivity index (χ1v) is 26.4. The number of allylic oxidation sites excluding steroid dienone is 1. The second-order valence-electron chi connectivity index (χ2n) is 18.2. The van der Waals surface area contributed by atoms with Crippen molar-refractivity contribution in [1.82, 2.24) is 4.90 Å². The Kier molecular flexibility index (Phi) is 15.2. The van der Waals surface area contributed by atoms with Gasteiger partial charge in [0.1, 0.15) is 36.1 Å². The van der Waals surface area contributed by atoms with Crippen LogP contribution in [0.3, 0.4) is 0 Å². The molecular formula is C46H55Cl2N4O16P2+. The summed E-state index contributed by atoms with van der Waals surface area (Å²) in [6, 6.07) is 17.7. The number of phosphoric acid groups is 2. The number of carbonyl (C=O) groups is 2. The molecule has 10 rings (SSSR count). The Morgan fingerprint density at radius 3 is 1.84 bits per heavy atom. The number of nitrogens with zero attached hydrogens (tertiary/aromatic N) is 2. The molecule has 1 aromatic heterocycles. The number of hydrogen-bond donors (Lipinski definition) is 2. The number of fused-ring (bicyclic) bond motifs is 2. The third-order valence-electron chi connectivity index (χ3n) is 12.2. The zero-order valence-electron chi connectivity index (χ0n) is 38.6. The standard InChI is InChI=1S/C23H28ClN2O8P.C23H26ClN2O8P/c2*1-23(2)32-19-18(31-22(20(19)33-23)26-9-4-6-15(12-26)21(25)27)13-30-35(28)29-10-8-17(34-35)14-5-3-7-16(24)11-14/h3-5,7,9,11-12,17-20,22H,6,8,10,13H2,1-2H3,(H2,25,27);3-7,9,11-12,17-20,22H,8,10,13H2,1-2H3,(H-,25,27)/p+1/t2*17?,18?,19-,20-,22-,35?/m11/s1. The number of amides is 2. The maximum atomic E-state index is 13.3. The van der Waals surface area contributed by atoms with E-state index in [0.717, 1.165) is 11.1 Å². The van der Waals surface area contributed by atoms with Crippen LogP contribution in [-0.4, -0.2) is 97.6 Å². The van der Waals surface area contributed by atoms with Gasteiger partial charge in [0.05, 0.1) is 38.6 Å². The number of carbonyl (C=O) groups excluding carboxylic acids is 2. The van der Waals surface area contributed by atoms with Gasteiger partial charge in [-0.3, -0.25) is 36.7 Å². The largest absolute Gasteiger partial charge is 0.475 e. The fraction of sp³-hybridized carbons (Fsp3) is 0.500. The summed E-state index contributed by atoms with van der Waals surface area (Å²) >= 11 is 12.2. The number of pyridine rings is 1. The molecule has 70 heavy (non-hydrogen) atoms. The number of phosphoric ester groups is 2. The van der Waals surface area contributed by atoms with E-state index in [1.54, 1.807) is 96.6 Å². The highest BCUT2D eigenvalue weighted by atomic mass is 35.5. The summed E-state index contributed by atoms with van der Waals surface area (Å²) in [7, 11) is -7.74. The number of halogens is 2.